The van der Waals surface area contributed by atoms with Crippen LogP contribution >= 0.6 is 11.6 Å². The first kappa shape index (κ1) is 12.9. The number of hydrogen-bond acceptors (Lipinski definition) is 2. The highest BCUT2D eigenvalue weighted by Gasteiger charge is 2.06. The smallest absolute Gasteiger partial charge is 0.147 e. The van der Waals surface area contributed by atoms with E-state index in [1.54, 1.807) is 18.3 Å². The zero-order valence-electron chi connectivity index (χ0n) is 10.6. The van der Waals surface area contributed by atoms with E-state index < -0.39 is 0 Å². The number of nitrogens with one attached hydrogen (secondary N) is 1. The Morgan fingerprint density at radius 2 is 2.00 bits per heavy atom. The van der Waals surface area contributed by atoms with Crippen molar-refractivity contribution in [3.8, 4) is 0 Å². The van der Waals surface area contributed by atoms with Crippen LogP contribution in [0.15, 0.2) is 54.9 Å². The van der Waals surface area contributed by atoms with Gasteiger partial charge in [-0.3, -0.25) is 4.98 Å². The fourth-order valence-corrected chi connectivity index (χ4v) is 2.33. The molecule has 1 heterocycles. The molecule has 0 aliphatic carbocycles. The van der Waals surface area contributed by atoms with Crippen LogP contribution in [0.25, 0.3) is 10.8 Å². The second-order valence-electron chi connectivity index (χ2n) is 4.51. The molecule has 1 aromatic heterocycles. The van der Waals surface area contributed by atoms with Crippen molar-refractivity contribution in [2.75, 3.05) is 5.32 Å². The van der Waals surface area contributed by atoms with Crippen molar-refractivity contribution in [2.24, 2.45) is 0 Å². The summed E-state index contributed by atoms with van der Waals surface area (Å²) in [5.74, 6) is -0.345. The Morgan fingerprint density at radius 3 is 2.85 bits per heavy atom. The van der Waals surface area contributed by atoms with Gasteiger partial charge in [-0.1, -0.05) is 29.8 Å². The second kappa shape index (κ2) is 5.47. The molecule has 0 unspecified atom stereocenters. The molecule has 0 atom stereocenters. The van der Waals surface area contributed by atoms with Gasteiger partial charge < -0.3 is 5.32 Å². The molecule has 0 fully saturated rings. The molecule has 100 valence electrons. The summed E-state index contributed by atoms with van der Waals surface area (Å²) in [7, 11) is 0. The standard InChI is InChI=1S/C16H12ClFN2/c17-14-2-1-3-15(18)16(14)20-9-11-4-5-13-10-19-7-6-12(13)8-11/h1-8,10,20H,9H2. The van der Waals surface area contributed by atoms with E-state index in [0.717, 1.165) is 16.3 Å². The number of rotatable bonds is 3. The minimum atomic E-state index is -0.345. The quantitative estimate of drug-likeness (QED) is 0.759. The highest BCUT2D eigenvalue weighted by Crippen LogP contribution is 2.25. The van der Waals surface area contributed by atoms with Gasteiger partial charge in [0, 0.05) is 24.3 Å². The molecule has 20 heavy (non-hydrogen) atoms. The summed E-state index contributed by atoms with van der Waals surface area (Å²) in [6, 6.07) is 12.6. The van der Waals surface area contributed by atoms with E-state index in [9.17, 15) is 4.39 Å². The summed E-state index contributed by atoms with van der Waals surface area (Å²) in [6.07, 6.45) is 3.58. The second-order valence-corrected chi connectivity index (χ2v) is 4.91. The van der Waals surface area contributed by atoms with Gasteiger partial charge in [-0.15, -0.1) is 0 Å². The van der Waals surface area contributed by atoms with Gasteiger partial charge in [-0.2, -0.15) is 0 Å². The molecule has 0 amide bonds. The number of aromatic nitrogens is 1. The van der Waals surface area contributed by atoms with Crippen molar-refractivity contribution in [1.82, 2.24) is 4.98 Å². The zero-order valence-corrected chi connectivity index (χ0v) is 11.4. The van der Waals surface area contributed by atoms with Crippen molar-refractivity contribution < 1.29 is 4.39 Å². The number of para-hydroxylation sites is 1. The number of halogens is 2. The SMILES string of the molecule is Fc1cccc(Cl)c1NCc1ccc2cnccc2c1. The minimum absolute atomic E-state index is 0.337. The molecule has 0 bridgehead atoms. The van der Waals surface area contributed by atoms with Crippen LogP contribution in [-0.2, 0) is 6.54 Å². The van der Waals surface area contributed by atoms with Gasteiger partial charge in [-0.25, -0.2) is 4.39 Å². The van der Waals surface area contributed by atoms with Crippen LogP contribution in [0.5, 0.6) is 0 Å². The Morgan fingerprint density at radius 1 is 1.10 bits per heavy atom. The first-order valence-electron chi connectivity index (χ1n) is 6.24. The molecule has 2 nitrogen and oxygen atoms in total. The maximum absolute atomic E-state index is 13.7. The third kappa shape index (κ3) is 2.58. The van der Waals surface area contributed by atoms with E-state index in [1.807, 2.05) is 24.4 Å². The molecular weight excluding hydrogens is 275 g/mol. The van der Waals surface area contributed by atoms with Crippen LogP contribution in [0, 0.1) is 5.82 Å². The monoisotopic (exact) mass is 286 g/mol. The fourth-order valence-electron chi connectivity index (χ4n) is 2.10. The first-order chi connectivity index (χ1) is 9.74. The Labute approximate surface area is 121 Å². The molecule has 3 rings (SSSR count). The average Bonchev–Trinajstić information content (AvgIpc) is 2.46. The van der Waals surface area contributed by atoms with Crippen molar-refractivity contribution >= 4 is 28.1 Å². The number of pyridine rings is 1. The van der Waals surface area contributed by atoms with Crippen molar-refractivity contribution in [2.45, 2.75) is 6.54 Å². The average molecular weight is 287 g/mol. The lowest BCUT2D eigenvalue weighted by atomic mass is 10.1. The summed E-state index contributed by atoms with van der Waals surface area (Å²) >= 11 is 5.98. The van der Waals surface area contributed by atoms with Crippen LogP contribution in [0.2, 0.25) is 5.02 Å². The predicted molar refractivity (Wildman–Crippen MR) is 80.5 cm³/mol. The van der Waals surface area contributed by atoms with E-state index in [2.05, 4.69) is 16.4 Å². The maximum atomic E-state index is 13.7. The summed E-state index contributed by atoms with van der Waals surface area (Å²) in [5.41, 5.74) is 1.40. The number of anilines is 1. The van der Waals surface area contributed by atoms with Gasteiger partial charge in [0.2, 0.25) is 0 Å². The first-order valence-corrected chi connectivity index (χ1v) is 6.62. The largest absolute Gasteiger partial charge is 0.377 e. The van der Waals surface area contributed by atoms with E-state index >= 15 is 0 Å². The van der Waals surface area contributed by atoms with E-state index in [0.29, 0.717) is 17.3 Å². The van der Waals surface area contributed by atoms with Gasteiger partial charge >= 0.3 is 0 Å². The fraction of sp³-hybridized carbons (Fsp3) is 0.0625. The zero-order chi connectivity index (χ0) is 13.9. The van der Waals surface area contributed by atoms with Crippen LogP contribution in [0.3, 0.4) is 0 Å². The Hall–Kier alpha value is -2.13. The van der Waals surface area contributed by atoms with E-state index in [1.165, 1.54) is 6.07 Å². The third-order valence-electron chi connectivity index (χ3n) is 3.14. The van der Waals surface area contributed by atoms with Gasteiger partial charge in [0.15, 0.2) is 0 Å². The summed E-state index contributed by atoms with van der Waals surface area (Å²) in [6.45, 7) is 0.513. The highest BCUT2D eigenvalue weighted by molar-refractivity contribution is 6.33. The van der Waals surface area contributed by atoms with E-state index in [-0.39, 0.29) is 5.82 Å². The summed E-state index contributed by atoms with van der Waals surface area (Å²) in [5, 5.41) is 5.62. The van der Waals surface area contributed by atoms with Crippen molar-refractivity contribution in [3.63, 3.8) is 0 Å². The van der Waals surface area contributed by atoms with Gasteiger partial charge in [-0.05, 0) is 35.2 Å². The topological polar surface area (TPSA) is 24.9 Å². The van der Waals surface area contributed by atoms with Crippen LogP contribution in [0.1, 0.15) is 5.56 Å². The van der Waals surface area contributed by atoms with Crippen molar-refractivity contribution in [1.29, 1.82) is 0 Å². The van der Waals surface area contributed by atoms with Crippen LogP contribution in [0.4, 0.5) is 10.1 Å². The Balaban J connectivity index is 1.83. The molecule has 0 spiro atoms. The molecule has 4 heteroatoms. The number of fused-ring (bicyclic) bond motifs is 1. The lowest BCUT2D eigenvalue weighted by Gasteiger charge is -2.10. The van der Waals surface area contributed by atoms with Gasteiger partial charge in [0.25, 0.3) is 0 Å². The Bertz CT molecular complexity index is 738. The lowest BCUT2D eigenvalue weighted by molar-refractivity contribution is 0.630. The predicted octanol–water partition coefficient (Wildman–Crippen LogP) is 4.64. The van der Waals surface area contributed by atoms with E-state index in [4.69, 9.17) is 11.6 Å². The van der Waals surface area contributed by atoms with Crippen LogP contribution in [-0.4, -0.2) is 4.98 Å². The lowest BCUT2D eigenvalue weighted by Crippen LogP contribution is -2.02. The molecule has 1 N–H and O–H groups in total. The maximum Gasteiger partial charge on any atom is 0.147 e. The third-order valence-corrected chi connectivity index (χ3v) is 3.45. The molecule has 2 aromatic carbocycles. The summed E-state index contributed by atoms with van der Waals surface area (Å²) < 4.78 is 13.7. The molecule has 0 saturated carbocycles. The Kier molecular flexibility index (Phi) is 3.52. The normalized spacial score (nSPS) is 10.7. The van der Waals surface area contributed by atoms with Gasteiger partial charge in [0.05, 0.1) is 10.7 Å². The highest BCUT2D eigenvalue weighted by atomic mass is 35.5. The molecule has 0 aliphatic heterocycles. The minimum Gasteiger partial charge on any atom is -0.377 e. The molecule has 0 saturated heterocycles. The van der Waals surface area contributed by atoms with Gasteiger partial charge in [0.1, 0.15) is 5.82 Å². The molecular formula is C16H12ClFN2. The number of nitrogens with zero attached hydrogens (tertiary/aromatic N) is 1. The number of benzene rings is 2. The molecule has 0 aliphatic rings. The molecule has 3 aromatic rings. The van der Waals surface area contributed by atoms with Crippen LogP contribution < -0.4 is 5.32 Å². The molecule has 0 radical (unpaired) electrons. The summed E-state index contributed by atoms with van der Waals surface area (Å²) in [4.78, 5) is 4.08. The van der Waals surface area contributed by atoms with Crippen molar-refractivity contribution in [3.05, 3.63) is 71.3 Å². The number of hydrogen-bond donors (Lipinski definition) is 1.